The second-order valence-corrected chi connectivity index (χ2v) is 22.5. The lowest BCUT2D eigenvalue weighted by atomic mass is 9.36. The second-order valence-electron chi connectivity index (χ2n) is 22.5. The van der Waals surface area contributed by atoms with Gasteiger partial charge in [0, 0.05) is 55.3 Å². The number of benzene rings is 8. The first-order valence-electron chi connectivity index (χ1n) is 24.8. The van der Waals surface area contributed by atoms with Crippen molar-refractivity contribution in [3.05, 3.63) is 217 Å². The smallest absolute Gasteiger partial charge is 0.171 e. The molecule has 3 heteroatoms. The predicted molar refractivity (Wildman–Crippen MR) is 259 cm³/mol. The molecule has 2 aromatic heterocycles. The molecule has 10 aliphatic rings. The van der Waals surface area contributed by atoms with Crippen LogP contribution in [0, 0.1) is 11.8 Å². The van der Waals surface area contributed by atoms with E-state index in [1.807, 2.05) is 0 Å². The minimum absolute atomic E-state index is 0.122. The van der Waals surface area contributed by atoms with Gasteiger partial charge in [0.2, 0.25) is 0 Å². The van der Waals surface area contributed by atoms with Gasteiger partial charge in [-0.25, -0.2) is 0 Å². The summed E-state index contributed by atoms with van der Waals surface area (Å²) in [6, 6.07) is 52.7. The first-order valence-corrected chi connectivity index (χ1v) is 24.8. The number of aromatic nitrogens is 1. The lowest BCUT2D eigenvalue weighted by Crippen LogP contribution is -2.61. The minimum Gasteiger partial charge on any atom is -0.308 e. The number of hydrogen-bond donors (Lipinski definition) is 0. The van der Waals surface area contributed by atoms with Gasteiger partial charge >= 0.3 is 0 Å². The van der Waals surface area contributed by atoms with Crippen LogP contribution in [0.15, 0.2) is 140 Å². The third-order valence-corrected chi connectivity index (χ3v) is 20.3. The van der Waals surface area contributed by atoms with Gasteiger partial charge in [-0.05, 0) is 170 Å². The molecular formula is C63H41NO2. The van der Waals surface area contributed by atoms with Crippen molar-refractivity contribution in [2.75, 3.05) is 0 Å². The van der Waals surface area contributed by atoms with E-state index in [0.717, 1.165) is 34.0 Å². The second kappa shape index (κ2) is 10.4. The monoisotopic (exact) mass is 843 g/mol. The molecule has 0 aliphatic heterocycles. The Morgan fingerprint density at radius 1 is 0.394 bits per heavy atom. The summed E-state index contributed by atoms with van der Waals surface area (Å²) in [7, 11) is 0. The summed E-state index contributed by atoms with van der Waals surface area (Å²) in [5, 5.41) is 7.72. The van der Waals surface area contributed by atoms with Gasteiger partial charge in [0.25, 0.3) is 0 Å². The molecule has 3 nitrogen and oxygen atoms in total. The van der Waals surface area contributed by atoms with E-state index >= 15 is 9.59 Å². The van der Waals surface area contributed by atoms with Crippen LogP contribution in [0.4, 0.5) is 0 Å². The van der Waals surface area contributed by atoms with Gasteiger partial charge in [-0.2, -0.15) is 0 Å². The standard InChI is InChI=1S/C63H41NO2/c65-60-45-27-52-41(25-42(45)55-34-9-1-5-13-48(34)62(55)50-15-7-3-11-36(50)57(60)62)44-23-33-22-38-31-18-29-17-30(19-31)21-32(20-29)39(38)24-40(33)54-47-26-43-46(28-53(47)64(52)59(44)54)61(66)58-37-12-4-8-16-51(37)63(58)49-14-6-2-10-35(49)56(43)63/h1-16,22-32,55-58H,17-21H2. The Bertz CT molecular complexity index is 4100. The average Bonchev–Trinajstić information content (AvgIpc) is 3.75. The fourth-order valence-corrected chi connectivity index (χ4v) is 18.4. The highest BCUT2D eigenvalue weighted by atomic mass is 16.1. The molecule has 2 heterocycles. The first-order chi connectivity index (χ1) is 32.5. The Morgan fingerprint density at radius 3 is 1.36 bits per heavy atom. The van der Waals surface area contributed by atoms with Crippen molar-refractivity contribution in [3.8, 4) is 0 Å². The third-order valence-electron chi connectivity index (χ3n) is 20.3. The van der Waals surface area contributed by atoms with Gasteiger partial charge in [-0.3, -0.25) is 9.59 Å². The van der Waals surface area contributed by atoms with Gasteiger partial charge in [0.1, 0.15) is 0 Å². The van der Waals surface area contributed by atoms with Crippen molar-refractivity contribution in [2.45, 2.75) is 78.4 Å². The number of nitrogens with zero attached hydrogens (tertiary/aromatic N) is 1. The summed E-state index contributed by atoms with van der Waals surface area (Å²) in [5.41, 5.74) is 20.5. The summed E-state index contributed by atoms with van der Waals surface area (Å²) < 4.78 is 2.49. The largest absolute Gasteiger partial charge is 0.308 e. The molecule has 2 spiro atoms. The van der Waals surface area contributed by atoms with E-state index in [1.165, 1.54) is 126 Å². The molecule has 8 atom stereocenters. The van der Waals surface area contributed by atoms with Crippen molar-refractivity contribution < 1.29 is 9.59 Å². The predicted octanol–water partition coefficient (Wildman–Crippen LogP) is 13.8. The molecule has 310 valence electrons. The number of carbonyl (C=O) groups excluding carboxylic acids is 2. The van der Waals surface area contributed by atoms with Crippen LogP contribution in [0.5, 0.6) is 0 Å². The molecule has 4 bridgehead atoms. The van der Waals surface area contributed by atoms with Crippen LogP contribution >= 0.6 is 0 Å². The summed E-state index contributed by atoms with van der Waals surface area (Å²) >= 11 is 0. The number of hydrogen-bond acceptors (Lipinski definition) is 2. The van der Waals surface area contributed by atoms with Gasteiger partial charge in [0.15, 0.2) is 11.6 Å². The molecule has 10 aromatic rings. The van der Waals surface area contributed by atoms with E-state index in [1.54, 1.807) is 11.1 Å². The van der Waals surface area contributed by atoms with Gasteiger partial charge < -0.3 is 4.40 Å². The molecule has 8 aromatic carbocycles. The number of Topliss-reactive ketones (excluding diaryl/α,β-unsaturated/α-hetero) is 2. The maximum Gasteiger partial charge on any atom is 0.171 e. The molecule has 2 saturated carbocycles. The molecule has 66 heavy (non-hydrogen) atoms. The maximum atomic E-state index is 15.4. The Hall–Kier alpha value is -6.84. The molecule has 0 saturated heterocycles. The highest BCUT2D eigenvalue weighted by Gasteiger charge is 2.70. The number of ketones is 2. The summed E-state index contributed by atoms with van der Waals surface area (Å²) in [6.07, 6.45) is 6.76. The van der Waals surface area contributed by atoms with Crippen LogP contribution in [-0.4, -0.2) is 16.0 Å². The number of fused-ring (bicyclic) bond motifs is 20. The SMILES string of the molecule is O=C1c2cc3c(cc2C2c4ccccc4C24c2ccccc2C14)c1cc2cc4c(cc2c2c5cc6c(cc5n3c12)C(=O)C1c2ccccc2C12c1ccccc1C62)C1CC2CC(CC4C2)C1. The van der Waals surface area contributed by atoms with Gasteiger partial charge in [-0.1, -0.05) is 103 Å². The van der Waals surface area contributed by atoms with Crippen LogP contribution in [0.2, 0.25) is 0 Å². The molecule has 8 unspecified atom stereocenters. The van der Waals surface area contributed by atoms with Crippen LogP contribution in [-0.2, 0) is 10.8 Å². The first kappa shape index (κ1) is 33.6. The van der Waals surface area contributed by atoms with E-state index in [0.29, 0.717) is 11.8 Å². The Kier molecular flexibility index (Phi) is 5.30. The molecule has 0 radical (unpaired) electrons. The quantitative estimate of drug-likeness (QED) is 0.153. The summed E-state index contributed by atoms with van der Waals surface area (Å²) in [4.78, 5) is 30.8. The summed E-state index contributed by atoms with van der Waals surface area (Å²) in [5.74, 6) is 3.35. The normalized spacial score (nSPS) is 31.2. The van der Waals surface area contributed by atoms with Crippen molar-refractivity contribution in [3.63, 3.8) is 0 Å². The van der Waals surface area contributed by atoms with Crippen molar-refractivity contribution in [1.82, 2.24) is 4.40 Å². The third kappa shape index (κ3) is 3.21. The molecular weight excluding hydrogens is 803 g/mol. The topological polar surface area (TPSA) is 38.5 Å². The van der Waals surface area contributed by atoms with E-state index in [9.17, 15) is 0 Å². The Morgan fingerprint density at radius 2 is 0.833 bits per heavy atom. The van der Waals surface area contributed by atoms with Crippen LogP contribution in [0.25, 0.3) is 48.9 Å². The van der Waals surface area contributed by atoms with Crippen LogP contribution < -0.4 is 0 Å². The van der Waals surface area contributed by atoms with Crippen LogP contribution in [0.3, 0.4) is 0 Å². The lowest BCUT2D eigenvalue weighted by molar-refractivity contribution is 0.0839. The zero-order valence-electron chi connectivity index (χ0n) is 36.2. The fourth-order valence-electron chi connectivity index (χ4n) is 18.4. The van der Waals surface area contributed by atoms with Crippen molar-refractivity contribution >= 4 is 60.4 Å². The zero-order valence-corrected chi connectivity index (χ0v) is 36.2. The molecule has 10 aliphatic carbocycles. The Labute approximate surface area is 380 Å². The maximum absolute atomic E-state index is 15.4. The minimum atomic E-state index is -0.315. The molecule has 0 amide bonds. The molecule has 2 fully saturated rings. The highest BCUT2D eigenvalue weighted by Crippen LogP contribution is 2.75. The highest BCUT2D eigenvalue weighted by molar-refractivity contribution is 6.32. The van der Waals surface area contributed by atoms with Gasteiger partial charge in [0.05, 0.1) is 28.4 Å². The van der Waals surface area contributed by atoms with E-state index in [-0.39, 0.29) is 46.1 Å². The average molecular weight is 844 g/mol. The Balaban J connectivity index is 0.947. The number of carbonyl (C=O) groups is 2. The van der Waals surface area contributed by atoms with E-state index in [2.05, 4.69) is 144 Å². The molecule has 0 N–H and O–H groups in total. The summed E-state index contributed by atoms with van der Waals surface area (Å²) in [6.45, 7) is 0. The van der Waals surface area contributed by atoms with E-state index < -0.39 is 0 Å². The number of rotatable bonds is 0. The zero-order chi connectivity index (χ0) is 42.4. The van der Waals surface area contributed by atoms with Crippen molar-refractivity contribution in [2.24, 2.45) is 11.8 Å². The van der Waals surface area contributed by atoms with Gasteiger partial charge in [-0.15, -0.1) is 0 Å². The van der Waals surface area contributed by atoms with E-state index in [4.69, 9.17) is 0 Å². The van der Waals surface area contributed by atoms with Crippen LogP contribution in [0.1, 0.15) is 155 Å². The molecule has 20 rings (SSSR count). The fraction of sp³-hybridized carbons (Fsp3) is 0.238. The lowest BCUT2D eigenvalue weighted by Gasteiger charge is -2.64. The van der Waals surface area contributed by atoms with Crippen molar-refractivity contribution in [1.29, 1.82) is 0 Å².